The summed E-state index contributed by atoms with van der Waals surface area (Å²) in [6, 6.07) is 9.11. The van der Waals surface area contributed by atoms with E-state index in [4.69, 9.17) is 5.26 Å². The van der Waals surface area contributed by atoms with Gasteiger partial charge in [-0.05, 0) is 31.0 Å². The van der Waals surface area contributed by atoms with E-state index in [0.717, 1.165) is 19.3 Å². The molecule has 5 nitrogen and oxygen atoms in total. The number of nitrogens with one attached hydrogen (secondary N) is 3. The van der Waals surface area contributed by atoms with E-state index in [1.165, 1.54) is 0 Å². The lowest BCUT2D eigenvalue weighted by Crippen LogP contribution is -2.40. The molecule has 2 atom stereocenters. The van der Waals surface area contributed by atoms with Crippen molar-refractivity contribution in [1.82, 2.24) is 10.9 Å². The highest BCUT2D eigenvalue weighted by Gasteiger charge is 2.28. The van der Waals surface area contributed by atoms with Crippen molar-refractivity contribution in [3.63, 3.8) is 0 Å². The van der Waals surface area contributed by atoms with Crippen LogP contribution in [-0.4, -0.2) is 18.0 Å². The van der Waals surface area contributed by atoms with Gasteiger partial charge in [-0.3, -0.25) is 10.2 Å². The van der Waals surface area contributed by atoms with Crippen molar-refractivity contribution >= 4 is 11.6 Å². The minimum Gasteiger partial charge on any atom is -0.325 e. The second-order valence-corrected chi connectivity index (χ2v) is 4.74. The largest absolute Gasteiger partial charge is 0.325 e. The summed E-state index contributed by atoms with van der Waals surface area (Å²) in [5.74, 6) is -0.0683. The summed E-state index contributed by atoms with van der Waals surface area (Å²) in [5, 5.41) is 11.6. The lowest BCUT2D eigenvalue weighted by Gasteiger charge is -2.10. The third-order valence-electron chi connectivity index (χ3n) is 3.19. The van der Waals surface area contributed by atoms with Gasteiger partial charge in [0.15, 0.2) is 0 Å². The number of benzene rings is 1. The normalized spacial score (nSPS) is 21.9. The average Bonchev–Trinajstić information content (AvgIpc) is 2.88. The molecule has 0 aliphatic carbocycles. The minimum absolute atomic E-state index is 0.0683. The third kappa shape index (κ3) is 3.53. The van der Waals surface area contributed by atoms with E-state index in [1.54, 1.807) is 24.3 Å². The number of rotatable bonds is 4. The van der Waals surface area contributed by atoms with Gasteiger partial charge in [0.25, 0.3) is 0 Å². The third-order valence-corrected chi connectivity index (χ3v) is 3.19. The van der Waals surface area contributed by atoms with E-state index in [2.05, 4.69) is 29.2 Å². The van der Waals surface area contributed by atoms with Gasteiger partial charge in [-0.15, -0.1) is 0 Å². The zero-order valence-electron chi connectivity index (χ0n) is 10.9. The summed E-state index contributed by atoms with van der Waals surface area (Å²) < 4.78 is 0. The van der Waals surface area contributed by atoms with Gasteiger partial charge in [0.2, 0.25) is 5.91 Å². The van der Waals surface area contributed by atoms with Crippen LogP contribution < -0.4 is 16.2 Å². The predicted octanol–water partition coefficient (Wildman–Crippen LogP) is 1.53. The molecule has 0 spiro atoms. The first kappa shape index (κ1) is 13.5. The van der Waals surface area contributed by atoms with Gasteiger partial charge < -0.3 is 5.32 Å². The summed E-state index contributed by atoms with van der Waals surface area (Å²) in [4.78, 5) is 12.1. The topological polar surface area (TPSA) is 77.0 Å². The second-order valence-electron chi connectivity index (χ2n) is 4.74. The number of amides is 1. The maximum Gasteiger partial charge on any atom is 0.242 e. The summed E-state index contributed by atoms with van der Waals surface area (Å²) in [6.45, 7) is 2.13. The molecule has 0 radical (unpaired) electrons. The molecule has 0 bridgehead atoms. The molecule has 1 amide bonds. The monoisotopic (exact) mass is 258 g/mol. The van der Waals surface area contributed by atoms with Crippen LogP contribution in [0.25, 0.3) is 0 Å². The van der Waals surface area contributed by atoms with Crippen LogP contribution in [0.15, 0.2) is 24.3 Å². The molecule has 2 rings (SSSR count). The molecular weight excluding hydrogens is 240 g/mol. The molecule has 1 fully saturated rings. The van der Waals surface area contributed by atoms with Gasteiger partial charge in [-0.25, -0.2) is 5.43 Å². The summed E-state index contributed by atoms with van der Waals surface area (Å²) in [5.41, 5.74) is 7.34. The Labute approximate surface area is 113 Å². The van der Waals surface area contributed by atoms with Crippen LogP contribution >= 0.6 is 0 Å². The molecule has 100 valence electrons. The zero-order valence-corrected chi connectivity index (χ0v) is 10.9. The Morgan fingerprint density at radius 1 is 1.53 bits per heavy atom. The summed E-state index contributed by atoms with van der Waals surface area (Å²) >= 11 is 0. The lowest BCUT2D eigenvalue weighted by atomic mass is 10.1. The first-order valence-electron chi connectivity index (χ1n) is 6.55. The standard InChI is InChI=1S/C14H18N4O/c1-2-4-12-8-13(18-17-12)14(19)16-11-6-3-5-10(7-11)9-15/h3,5-7,12-13,17-18H,2,4,8H2,1H3,(H,16,19). The molecule has 19 heavy (non-hydrogen) atoms. The Kier molecular flexibility index (Phi) is 4.50. The summed E-state index contributed by atoms with van der Waals surface area (Å²) in [6.07, 6.45) is 2.94. The fourth-order valence-electron chi connectivity index (χ4n) is 2.23. The molecular formula is C14H18N4O. The molecule has 1 aromatic carbocycles. The molecule has 0 saturated carbocycles. The van der Waals surface area contributed by atoms with Gasteiger partial charge >= 0.3 is 0 Å². The van der Waals surface area contributed by atoms with Crippen molar-refractivity contribution in [3.8, 4) is 6.07 Å². The SMILES string of the molecule is CCCC1CC(C(=O)Nc2cccc(C#N)c2)NN1. The van der Waals surface area contributed by atoms with E-state index in [0.29, 0.717) is 17.3 Å². The molecule has 1 saturated heterocycles. The van der Waals surface area contributed by atoms with Gasteiger partial charge in [0.1, 0.15) is 6.04 Å². The van der Waals surface area contributed by atoms with Crippen LogP contribution in [-0.2, 0) is 4.79 Å². The number of nitrogens with zero attached hydrogens (tertiary/aromatic N) is 1. The number of carbonyl (C=O) groups is 1. The van der Waals surface area contributed by atoms with Crippen LogP contribution in [0.3, 0.4) is 0 Å². The van der Waals surface area contributed by atoms with Gasteiger partial charge in [-0.2, -0.15) is 5.26 Å². The fraction of sp³-hybridized carbons (Fsp3) is 0.429. The number of nitriles is 1. The molecule has 1 aromatic rings. The maximum absolute atomic E-state index is 12.1. The van der Waals surface area contributed by atoms with Crippen LogP contribution in [0.5, 0.6) is 0 Å². The summed E-state index contributed by atoms with van der Waals surface area (Å²) in [7, 11) is 0. The van der Waals surface area contributed by atoms with Crippen LogP contribution in [0.2, 0.25) is 0 Å². The molecule has 1 heterocycles. The van der Waals surface area contributed by atoms with Crippen molar-refractivity contribution < 1.29 is 4.79 Å². The van der Waals surface area contributed by atoms with Crippen molar-refractivity contribution in [2.75, 3.05) is 5.32 Å². The number of hydrazine groups is 1. The van der Waals surface area contributed by atoms with Crippen molar-refractivity contribution in [3.05, 3.63) is 29.8 Å². The first-order valence-corrected chi connectivity index (χ1v) is 6.55. The van der Waals surface area contributed by atoms with Crippen LogP contribution in [0, 0.1) is 11.3 Å². The Morgan fingerprint density at radius 3 is 3.11 bits per heavy atom. The number of anilines is 1. The van der Waals surface area contributed by atoms with Crippen molar-refractivity contribution in [2.45, 2.75) is 38.3 Å². The average molecular weight is 258 g/mol. The highest BCUT2D eigenvalue weighted by Crippen LogP contribution is 2.14. The van der Waals surface area contributed by atoms with Gasteiger partial charge in [0, 0.05) is 11.7 Å². The maximum atomic E-state index is 12.1. The predicted molar refractivity (Wildman–Crippen MR) is 73.2 cm³/mol. The van der Waals surface area contributed by atoms with E-state index in [-0.39, 0.29) is 11.9 Å². The highest BCUT2D eigenvalue weighted by molar-refractivity contribution is 5.95. The van der Waals surface area contributed by atoms with Crippen molar-refractivity contribution in [2.24, 2.45) is 0 Å². The van der Waals surface area contributed by atoms with E-state index in [1.807, 2.05) is 0 Å². The minimum atomic E-state index is -0.220. The van der Waals surface area contributed by atoms with E-state index >= 15 is 0 Å². The molecule has 5 heteroatoms. The number of hydrogen-bond donors (Lipinski definition) is 3. The molecule has 0 aromatic heterocycles. The Morgan fingerprint density at radius 2 is 2.37 bits per heavy atom. The Balaban J connectivity index is 1.93. The molecule has 2 unspecified atom stereocenters. The van der Waals surface area contributed by atoms with E-state index < -0.39 is 0 Å². The lowest BCUT2D eigenvalue weighted by molar-refractivity contribution is -0.117. The zero-order chi connectivity index (χ0) is 13.7. The Hall–Kier alpha value is -1.90. The molecule has 1 aliphatic heterocycles. The van der Waals surface area contributed by atoms with Gasteiger partial charge in [-0.1, -0.05) is 19.4 Å². The number of hydrogen-bond acceptors (Lipinski definition) is 4. The van der Waals surface area contributed by atoms with Crippen molar-refractivity contribution in [1.29, 1.82) is 5.26 Å². The molecule has 1 aliphatic rings. The van der Waals surface area contributed by atoms with E-state index in [9.17, 15) is 4.79 Å². The van der Waals surface area contributed by atoms with Crippen LogP contribution in [0.4, 0.5) is 5.69 Å². The molecule has 3 N–H and O–H groups in total. The first-order chi connectivity index (χ1) is 9.22. The van der Waals surface area contributed by atoms with Gasteiger partial charge in [0.05, 0.1) is 11.6 Å². The number of carbonyl (C=O) groups excluding carboxylic acids is 1. The fourth-order valence-corrected chi connectivity index (χ4v) is 2.23. The second kappa shape index (κ2) is 6.32. The van der Waals surface area contributed by atoms with Crippen LogP contribution in [0.1, 0.15) is 31.7 Å². The Bertz CT molecular complexity index is 494. The smallest absolute Gasteiger partial charge is 0.242 e. The highest BCUT2D eigenvalue weighted by atomic mass is 16.2. The quantitative estimate of drug-likeness (QED) is 0.765.